The number of nitrogens with zero attached hydrogens (tertiary/aromatic N) is 1. The second kappa shape index (κ2) is 11.7. The van der Waals surface area contributed by atoms with Crippen molar-refractivity contribution in [3.05, 3.63) is 54.1 Å². The van der Waals surface area contributed by atoms with Crippen LogP contribution in [0.5, 0.6) is 11.5 Å². The fraction of sp³-hybridized carbons (Fsp3) is 0.391. The molecule has 3 N–H and O–H groups in total. The van der Waals surface area contributed by atoms with Gasteiger partial charge in [-0.3, -0.25) is 9.79 Å². The number of guanidine groups is 1. The Labute approximate surface area is 178 Å². The second-order valence-electron chi connectivity index (χ2n) is 7.23. The molecule has 0 bridgehead atoms. The average Bonchev–Trinajstić information content (AvgIpc) is 2.75. The standard InChI is InChI=1S/C23H32N4O3/c1-16(2)22(28)27-19-12-10-18(11-13-19)15-26-23(24-4)25-14-17(3)30-21-9-7-6-8-20(21)29-5/h6-13,16-17H,14-15H2,1-5H3,(H,27,28)(H2,24,25,26). The van der Waals surface area contributed by atoms with Crippen molar-refractivity contribution in [1.29, 1.82) is 0 Å². The van der Waals surface area contributed by atoms with Crippen molar-refractivity contribution < 1.29 is 14.3 Å². The van der Waals surface area contributed by atoms with Gasteiger partial charge in [0.2, 0.25) is 5.91 Å². The number of hydrogen-bond acceptors (Lipinski definition) is 4. The molecule has 7 nitrogen and oxygen atoms in total. The van der Waals surface area contributed by atoms with Gasteiger partial charge in [0.15, 0.2) is 17.5 Å². The lowest BCUT2D eigenvalue weighted by molar-refractivity contribution is -0.118. The fourth-order valence-electron chi connectivity index (χ4n) is 2.61. The summed E-state index contributed by atoms with van der Waals surface area (Å²) in [5, 5.41) is 9.43. The van der Waals surface area contributed by atoms with Crippen molar-refractivity contribution in [3.63, 3.8) is 0 Å². The monoisotopic (exact) mass is 412 g/mol. The van der Waals surface area contributed by atoms with E-state index in [0.29, 0.717) is 30.5 Å². The summed E-state index contributed by atoms with van der Waals surface area (Å²) in [6, 6.07) is 15.3. The number of amides is 1. The SMILES string of the molecule is CN=C(NCc1ccc(NC(=O)C(C)C)cc1)NCC(C)Oc1ccccc1OC. The third-order valence-corrected chi connectivity index (χ3v) is 4.38. The minimum absolute atomic E-state index is 0.00920. The number of ether oxygens (including phenoxy) is 2. The molecular weight excluding hydrogens is 380 g/mol. The summed E-state index contributed by atoms with van der Waals surface area (Å²) in [6.45, 7) is 6.91. The average molecular weight is 413 g/mol. The molecule has 162 valence electrons. The van der Waals surface area contributed by atoms with Crippen LogP contribution in [0.25, 0.3) is 0 Å². The van der Waals surface area contributed by atoms with Crippen molar-refractivity contribution in [2.45, 2.75) is 33.4 Å². The fourth-order valence-corrected chi connectivity index (χ4v) is 2.61. The molecule has 0 radical (unpaired) electrons. The minimum Gasteiger partial charge on any atom is -0.493 e. The van der Waals surface area contributed by atoms with E-state index in [4.69, 9.17) is 9.47 Å². The van der Waals surface area contributed by atoms with Crippen LogP contribution >= 0.6 is 0 Å². The van der Waals surface area contributed by atoms with Gasteiger partial charge in [-0.15, -0.1) is 0 Å². The highest BCUT2D eigenvalue weighted by atomic mass is 16.5. The van der Waals surface area contributed by atoms with E-state index in [-0.39, 0.29) is 17.9 Å². The van der Waals surface area contributed by atoms with Gasteiger partial charge >= 0.3 is 0 Å². The van der Waals surface area contributed by atoms with Crippen molar-refractivity contribution in [1.82, 2.24) is 10.6 Å². The lowest BCUT2D eigenvalue weighted by Gasteiger charge is -2.19. The number of carbonyl (C=O) groups is 1. The van der Waals surface area contributed by atoms with Gasteiger partial charge in [-0.1, -0.05) is 38.1 Å². The number of benzene rings is 2. The van der Waals surface area contributed by atoms with E-state index >= 15 is 0 Å². The summed E-state index contributed by atoms with van der Waals surface area (Å²) in [7, 11) is 3.35. The predicted molar refractivity (Wildman–Crippen MR) is 121 cm³/mol. The van der Waals surface area contributed by atoms with Gasteiger partial charge in [-0.2, -0.15) is 0 Å². The van der Waals surface area contributed by atoms with Crippen LogP contribution in [0.15, 0.2) is 53.5 Å². The third kappa shape index (κ3) is 7.31. The Morgan fingerprint density at radius 3 is 2.27 bits per heavy atom. The number of para-hydroxylation sites is 2. The highest BCUT2D eigenvalue weighted by Gasteiger charge is 2.10. The number of methoxy groups -OCH3 is 1. The zero-order valence-electron chi connectivity index (χ0n) is 18.4. The van der Waals surface area contributed by atoms with Gasteiger partial charge in [0.1, 0.15) is 6.10 Å². The zero-order valence-corrected chi connectivity index (χ0v) is 18.4. The molecule has 7 heteroatoms. The number of aliphatic imine (C=N–C) groups is 1. The molecule has 30 heavy (non-hydrogen) atoms. The van der Waals surface area contributed by atoms with Gasteiger partial charge in [0, 0.05) is 25.2 Å². The molecule has 0 fully saturated rings. The molecule has 0 heterocycles. The van der Waals surface area contributed by atoms with Crippen molar-refractivity contribution in [2.24, 2.45) is 10.9 Å². The Balaban J connectivity index is 1.80. The summed E-state index contributed by atoms with van der Waals surface area (Å²) in [5.41, 5.74) is 1.88. The summed E-state index contributed by atoms with van der Waals surface area (Å²) < 4.78 is 11.3. The molecule has 0 aliphatic heterocycles. The van der Waals surface area contributed by atoms with Gasteiger partial charge in [-0.05, 0) is 36.8 Å². The molecule has 2 aromatic rings. The molecule has 1 atom stereocenters. The highest BCUT2D eigenvalue weighted by Crippen LogP contribution is 2.26. The molecule has 1 amide bonds. The number of anilines is 1. The quantitative estimate of drug-likeness (QED) is 0.434. The number of hydrogen-bond donors (Lipinski definition) is 3. The molecule has 0 spiro atoms. The number of carbonyl (C=O) groups excluding carboxylic acids is 1. The van der Waals surface area contributed by atoms with Crippen LogP contribution in [0, 0.1) is 5.92 Å². The van der Waals surface area contributed by atoms with Crippen LogP contribution in [-0.2, 0) is 11.3 Å². The Morgan fingerprint density at radius 1 is 1.00 bits per heavy atom. The first kappa shape index (κ1) is 23.1. The maximum Gasteiger partial charge on any atom is 0.226 e. The molecule has 0 aromatic heterocycles. The molecule has 2 rings (SSSR count). The third-order valence-electron chi connectivity index (χ3n) is 4.38. The van der Waals surface area contributed by atoms with Crippen LogP contribution in [0.4, 0.5) is 5.69 Å². The summed E-state index contributed by atoms with van der Waals surface area (Å²) in [5.74, 6) is 2.06. The highest BCUT2D eigenvalue weighted by molar-refractivity contribution is 5.92. The smallest absolute Gasteiger partial charge is 0.226 e. The maximum absolute atomic E-state index is 11.8. The van der Waals surface area contributed by atoms with Crippen LogP contribution in [-0.4, -0.2) is 38.7 Å². The maximum atomic E-state index is 11.8. The van der Waals surface area contributed by atoms with E-state index in [2.05, 4.69) is 20.9 Å². The Hall–Kier alpha value is -3.22. The van der Waals surface area contributed by atoms with E-state index in [9.17, 15) is 4.79 Å². The molecule has 0 aliphatic rings. The first-order valence-corrected chi connectivity index (χ1v) is 10.1. The molecular formula is C23H32N4O3. The Bertz CT molecular complexity index is 835. The molecule has 1 unspecified atom stereocenters. The van der Waals surface area contributed by atoms with Crippen LogP contribution < -0.4 is 25.4 Å². The van der Waals surface area contributed by atoms with E-state index in [0.717, 1.165) is 11.3 Å². The van der Waals surface area contributed by atoms with Gasteiger partial charge in [0.25, 0.3) is 0 Å². The molecule has 0 saturated heterocycles. The summed E-state index contributed by atoms with van der Waals surface area (Å²) in [6.07, 6.45) is -0.0799. The minimum atomic E-state index is -0.0799. The Kier molecular flexibility index (Phi) is 9.00. The lowest BCUT2D eigenvalue weighted by atomic mass is 10.1. The zero-order chi connectivity index (χ0) is 21.9. The lowest BCUT2D eigenvalue weighted by Crippen LogP contribution is -2.41. The first-order valence-electron chi connectivity index (χ1n) is 10.1. The van der Waals surface area contributed by atoms with Crippen LogP contribution in [0.3, 0.4) is 0 Å². The number of rotatable bonds is 9. The van der Waals surface area contributed by atoms with Crippen LogP contribution in [0.2, 0.25) is 0 Å². The summed E-state index contributed by atoms with van der Waals surface area (Å²) >= 11 is 0. The van der Waals surface area contributed by atoms with E-state index in [1.807, 2.05) is 69.3 Å². The first-order chi connectivity index (χ1) is 14.4. The topological polar surface area (TPSA) is 84.0 Å². The van der Waals surface area contributed by atoms with Crippen molar-refractivity contribution in [2.75, 3.05) is 26.0 Å². The largest absolute Gasteiger partial charge is 0.493 e. The van der Waals surface area contributed by atoms with E-state index in [1.165, 1.54) is 0 Å². The summed E-state index contributed by atoms with van der Waals surface area (Å²) in [4.78, 5) is 16.0. The van der Waals surface area contributed by atoms with Crippen LogP contribution in [0.1, 0.15) is 26.3 Å². The number of nitrogens with one attached hydrogen (secondary N) is 3. The molecule has 0 aliphatic carbocycles. The van der Waals surface area contributed by atoms with Crippen molar-refractivity contribution >= 4 is 17.6 Å². The molecule has 0 saturated carbocycles. The van der Waals surface area contributed by atoms with E-state index in [1.54, 1.807) is 14.2 Å². The predicted octanol–water partition coefficient (Wildman–Crippen LogP) is 3.42. The van der Waals surface area contributed by atoms with Gasteiger partial charge in [-0.25, -0.2) is 0 Å². The van der Waals surface area contributed by atoms with E-state index < -0.39 is 0 Å². The Morgan fingerprint density at radius 2 is 1.67 bits per heavy atom. The van der Waals surface area contributed by atoms with Gasteiger partial charge in [0.05, 0.1) is 13.7 Å². The molecule has 2 aromatic carbocycles. The normalized spacial score (nSPS) is 12.3. The van der Waals surface area contributed by atoms with Crippen molar-refractivity contribution in [3.8, 4) is 11.5 Å². The van der Waals surface area contributed by atoms with Gasteiger partial charge < -0.3 is 25.4 Å². The second-order valence-corrected chi connectivity index (χ2v) is 7.23.